The molecular weight excluding hydrogens is 369 g/mol. The van der Waals surface area contributed by atoms with E-state index in [1.807, 2.05) is 12.1 Å². The van der Waals surface area contributed by atoms with Crippen LogP contribution in [0.25, 0.3) is 0 Å². The molecule has 0 aliphatic carbocycles. The molecule has 4 nitrogen and oxygen atoms in total. The molecule has 0 aliphatic heterocycles. The van der Waals surface area contributed by atoms with E-state index >= 15 is 0 Å². The van der Waals surface area contributed by atoms with E-state index in [1.54, 1.807) is 35.6 Å². The Morgan fingerprint density at radius 1 is 0.962 bits per heavy atom. The Balaban J connectivity index is 1.95. The van der Waals surface area contributed by atoms with Crippen LogP contribution in [0.3, 0.4) is 0 Å². The Morgan fingerprint density at radius 2 is 1.58 bits per heavy atom. The molecular formula is C18H16ClF3N2O2. The summed E-state index contributed by atoms with van der Waals surface area (Å²) in [4.78, 5) is 23.1. The molecule has 2 aromatic rings. The number of amides is 2. The van der Waals surface area contributed by atoms with Gasteiger partial charge in [0, 0.05) is 23.7 Å². The molecule has 26 heavy (non-hydrogen) atoms. The molecule has 0 fully saturated rings. The number of anilines is 1. The molecule has 8 heteroatoms. The van der Waals surface area contributed by atoms with Crippen LogP contribution in [0, 0.1) is 0 Å². The van der Waals surface area contributed by atoms with Crippen LogP contribution in [0.5, 0.6) is 0 Å². The molecule has 0 saturated heterocycles. The van der Waals surface area contributed by atoms with Crippen LogP contribution in [0.2, 0.25) is 5.02 Å². The molecule has 2 rings (SSSR count). The Hall–Kier alpha value is -2.54. The Morgan fingerprint density at radius 3 is 2.23 bits per heavy atom. The predicted octanol–water partition coefficient (Wildman–Crippen LogP) is 4.09. The molecule has 2 amide bonds. The highest BCUT2D eigenvalue weighted by atomic mass is 35.5. The van der Waals surface area contributed by atoms with Gasteiger partial charge in [-0.05, 0) is 29.7 Å². The fourth-order valence-electron chi connectivity index (χ4n) is 2.23. The van der Waals surface area contributed by atoms with Crippen molar-refractivity contribution in [1.82, 2.24) is 5.32 Å². The molecule has 2 aromatic carbocycles. The second-order valence-corrected chi connectivity index (χ2v) is 5.88. The maximum atomic E-state index is 12.3. The van der Waals surface area contributed by atoms with Crippen LogP contribution in [-0.4, -0.2) is 18.0 Å². The van der Waals surface area contributed by atoms with Gasteiger partial charge in [-0.2, -0.15) is 13.2 Å². The van der Waals surface area contributed by atoms with Crippen molar-refractivity contribution < 1.29 is 22.8 Å². The molecule has 0 heterocycles. The number of hydrogen-bond donors (Lipinski definition) is 2. The van der Waals surface area contributed by atoms with Gasteiger partial charge in [-0.1, -0.05) is 48.0 Å². The zero-order chi connectivity index (χ0) is 19.2. The highest BCUT2D eigenvalue weighted by Crippen LogP contribution is 2.19. The minimum absolute atomic E-state index is 0.160. The zero-order valence-corrected chi connectivity index (χ0v) is 14.3. The maximum Gasteiger partial charge on any atom is 0.471 e. The number of rotatable bonds is 6. The van der Waals surface area contributed by atoms with Crippen LogP contribution in [-0.2, 0) is 22.6 Å². The van der Waals surface area contributed by atoms with Gasteiger partial charge in [0.1, 0.15) is 0 Å². The van der Waals surface area contributed by atoms with Crippen molar-refractivity contribution in [2.45, 2.75) is 25.6 Å². The Bertz CT molecular complexity index is 794. The second-order valence-electron chi connectivity index (χ2n) is 5.48. The van der Waals surface area contributed by atoms with E-state index in [2.05, 4.69) is 5.32 Å². The third-order valence-corrected chi connectivity index (χ3v) is 3.94. The summed E-state index contributed by atoms with van der Waals surface area (Å²) in [5.41, 5.74) is 1.55. The van der Waals surface area contributed by atoms with Crippen molar-refractivity contribution in [1.29, 1.82) is 0 Å². The second kappa shape index (κ2) is 8.71. The number of carbonyl (C=O) groups excluding carboxylic acids is 2. The first-order chi connectivity index (χ1) is 12.3. The van der Waals surface area contributed by atoms with Gasteiger partial charge in [0.15, 0.2) is 0 Å². The number of alkyl halides is 3. The SMILES string of the molecule is O=C(CCc1ccccc1Cl)Nc1ccccc1CNC(=O)C(F)(F)F. The van der Waals surface area contributed by atoms with Crippen molar-refractivity contribution in [3.8, 4) is 0 Å². The van der Waals surface area contributed by atoms with Crippen molar-refractivity contribution >= 4 is 29.1 Å². The minimum atomic E-state index is -4.95. The van der Waals surface area contributed by atoms with Gasteiger partial charge >= 0.3 is 12.1 Å². The van der Waals surface area contributed by atoms with E-state index in [0.717, 1.165) is 5.56 Å². The molecule has 0 aromatic heterocycles. The van der Waals surface area contributed by atoms with Gasteiger partial charge in [-0.3, -0.25) is 9.59 Å². The van der Waals surface area contributed by atoms with E-state index in [9.17, 15) is 22.8 Å². The number of carbonyl (C=O) groups is 2. The molecule has 0 atom stereocenters. The number of halogens is 4. The van der Waals surface area contributed by atoms with E-state index in [0.29, 0.717) is 22.7 Å². The van der Waals surface area contributed by atoms with Crippen LogP contribution >= 0.6 is 11.6 Å². The first kappa shape index (κ1) is 19.8. The van der Waals surface area contributed by atoms with Crippen LogP contribution in [0.4, 0.5) is 18.9 Å². The third-order valence-electron chi connectivity index (χ3n) is 3.57. The summed E-state index contributed by atoms with van der Waals surface area (Å²) < 4.78 is 36.8. The van der Waals surface area contributed by atoms with Crippen molar-refractivity contribution in [3.05, 3.63) is 64.7 Å². The smallest absolute Gasteiger partial charge is 0.344 e. The first-order valence-corrected chi connectivity index (χ1v) is 8.11. The summed E-state index contributed by atoms with van der Waals surface area (Å²) in [6.45, 7) is -0.348. The molecule has 138 valence electrons. The van der Waals surface area contributed by atoms with Gasteiger partial charge in [0.25, 0.3) is 0 Å². The largest absolute Gasteiger partial charge is 0.471 e. The molecule has 0 bridgehead atoms. The first-order valence-electron chi connectivity index (χ1n) is 7.73. The fourth-order valence-corrected chi connectivity index (χ4v) is 2.46. The monoisotopic (exact) mass is 384 g/mol. The van der Waals surface area contributed by atoms with E-state index < -0.39 is 12.1 Å². The van der Waals surface area contributed by atoms with Gasteiger partial charge in [-0.25, -0.2) is 0 Å². The Kier molecular flexibility index (Phi) is 6.63. The highest BCUT2D eigenvalue weighted by Gasteiger charge is 2.38. The van der Waals surface area contributed by atoms with Crippen LogP contribution < -0.4 is 10.6 Å². The summed E-state index contributed by atoms with van der Waals surface area (Å²) >= 11 is 6.04. The highest BCUT2D eigenvalue weighted by molar-refractivity contribution is 6.31. The maximum absolute atomic E-state index is 12.3. The summed E-state index contributed by atoms with van der Waals surface area (Å²) in [6, 6.07) is 13.5. The number of hydrogen-bond acceptors (Lipinski definition) is 2. The topological polar surface area (TPSA) is 58.2 Å². The molecule has 0 aliphatic rings. The molecule has 0 unspecified atom stereocenters. The quantitative estimate of drug-likeness (QED) is 0.788. The fraction of sp³-hybridized carbons (Fsp3) is 0.222. The zero-order valence-electron chi connectivity index (χ0n) is 13.6. The van der Waals surface area contributed by atoms with Crippen molar-refractivity contribution in [2.75, 3.05) is 5.32 Å². The lowest BCUT2D eigenvalue weighted by atomic mass is 10.1. The van der Waals surface area contributed by atoms with Crippen molar-refractivity contribution in [2.24, 2.45) is 0 Å². The van der Waals surface area contributed by atoms with E-state index in [4.69, 9.17) is 11.6 Å². The lowest BCUT2D eigenvalue weighted by molar-refractivity contribution is -0.173. The molecule has 2 N–H and O–H groups in total. The van der Waals surface area contributed by atoms with Crippen LogP contribution in [0.15, 0.2) is 48.5 Å². The third kappa shape index (κ3) is 5.77. The molecule has 0 saturated carbocycles. The molecule has 0 spiro atoms. The summed E-state index contributed by atoms with van der Waals surface area (Å²) in [5.74, 6) is -2.34. The van der Waals surface area contributed by atoms with Gasteiger partial charge < -0.3 is 10.6 Å². The summed E-state index contributed by atoms with van der Waals surface area (Å²) in [5, 5.41) is 5.00. The lowest BCUT2D eigenvalue weighted by Crippen LogP contribution is -2.36. The number of benzene rings is 2. The lowest BCUT2D eigenvalue weighted by Gasteiger charge is -2.13. The molecule has 0 radical (unpaired) electrons. The average Bonchev–Trinajstić information content (AvgIpc) is 2.59. The number of aryl methyl sites for hydroxylation is 1. The van der Waals surface area contributed by atoms with Gasteiger partial charge in [0.2, 0.25) is 5.91 Å². The Labute approximate surface area is 153 Å². The van der Waals surface area contributed by atoms with E-state index in [-0.39, 0.29) is 18.9 Å². The van der Waals surface area contributed by atoms with Gasteiger partial charge in [-0.15, -0.1) is 0 Å². The average molecular weight is 385 g/mol. The predicted molar refractivity (Wildman–Crippen MR) is 92.7 cm³/mol. The normalized spacial score (nSPS) is 11.1. The summed E-state index contributed by atoms with van der Waals surface area (Å²) in [6.07, 6.45) is -4.36. The standard InChI is InChI=1S/C18H16ClF3N2O2/c19-14-7-3-1-5-12(14)9-10-16(25)24-15-8-4-2-6-13(15)11-23-17(26)18(20,21)22/h1-8H,9-11H2,(H,23,26)(H,24,25). The van der Waals surface area contributed by atoms with Gasteiger partial charge in [0.05, 0.1) is 0 Å². The minimum Gasteiger partial charge on any atom is -0.344 e. The number of nitrogens with one attached hydrogen (secondary N) is 2. The van der Waals surface area contributed by atoms with Crippen molar-refractivity contribution in [3.63, 3.8) is 0 Å². The number of para-hydroxylation sites is 1. The van der Waals surface area contributed by atoms with Crippen LogP contribution in [0.1, 0.15) is 17.5 Å². The summed E-state index contributed by atoms with van der Waals surface area (Å²) in [7, 11) is 0. The van der Waals surface area contributed by atoms with E-state index in [1.165, 1.54) is 6.07 Å².